The highest BCUT2D eigenvalue weighted by Crippen LogP contribution is 2.19. The zero-order valence-electron chi connectivity index (χ0n) is 13.0. The van der Waals surface area contributed by atoms with E-state index in [9.17, 15) is 0 Å². The maximum Gasteiger partial charge on any atom is 0.224 e. The average Bonchev–Trinajstić information content (AvgIpc) is 2.33. The molecular weight excluding hydrogens is 270 g/mol. The van der Waals surface area contributed by atoms with E-state index in [1.165, 1.54) is 0 Å². The third-order valence-corrected chi connectivity index (χ3v) is 3.49. The summed E-state index contributed by atoms with van der Waals surface area (Å²) in [6.07, 6.45) is 1.72. The number of hydrogen-bond donors (Lipinski definition) is 1. The highest BCUT2D eigenvalue weighted by molar-refractivity contribution is 7.80. The van der Waals surface area contributed by atoms with Gasteiger partial charge in [0.2, 0.25) is 5.88 Å². The number of pyridine rings is 1. The maximum atomic E-state index is 5.79. The molecule has 0 atom stereocenters. The Morgan fingerprint density at radius 1 is 1.35 bits per heavy atom. The molecule has 0 saturated heterocycles. The molecule has 0 fully saturated rings. The molecule has 1 heterocycles. The molecule has 0 radical (unpaired) electrons. The van der Waals surface area contributed by atoms with E-state index in [1.54, 1.807) is 6.20 Å². The van der Waals surface area contributed by atoms with E-state index < -0.39 is 0 Å². The van der Waals surface area contributed by atoms with Crippen LogP contribution in [0.1, 0.15) is 38.8 Å². The lowest BCUT2D eigenvalue weighted by Crippen LogP contribution is -2.39. The van der Waals surface area contributed by atoms with Crippen LogP contribution in [0.3, 0.4) is 0 Å². The normalized spacial score (nSPS) is 11.4. The Kier molecular flexibility index (Phi) is 6.36. The summed E-state index contributed by atoms with van der Waals surface area (Å²) in [4.78, 5) is 6.94. The topological polar surface area (TPSA) is 51.4 Å². The highest BCUT2D eigenvalue weighted by atomic mass is 32.1. The van der Waals surface area contributed by atoms with Crippen LogP contribution >= 0.6 is 12.2 Å². The second-order valence-electron chi connectivity index (χ2n) is 5.45. The minimum Gasteiger partial charge on any atom is -0.476 e. The van der Waals surface area contributed by atoms with Crippen LogP contribution in [0.2, 0.25) is 0 Å². The molecule has 1 rings (SSSR count). The molecule has 0 amide bonds. The van der Waals surface area contributed by atoms with E-state index in [2.05, 4.69) is 37.6 Å². The van der Waals surface area contributed by atoms with Crippen molar-refractivity contribution in [3.8, 4) is 5.88 Å². The zero-order chi connectivity index (χ0) is 15.3. The summed E-state index contributed by atoms with van der Waals surface area (Å²) in [6.45, 7) is 12.1. The summed E-state index contributed by atoms with van der Waals surface area (Å²) < 4.78 is 5.79. The fourth-order valence-electron chi connectivity index (χ4n) is 2.30. The summed E-state index contributed by atoms with van der Waals surface area (Å²) in [5.74, 6) is 0.532. The number of aryl methyl sites for hydroxylation is 1. The molecule has 112 valence electrons. The average molecular weight is 295 g/mol. The summed E-state index contributed by atoms with van der Waals surface area (Å²) in [5, 5.41) is 0. The first-order valence-corrected chi connectivity index (χ1v) is 7.39. The van der Waals surface area contributed by atoms with Crippen LogP contribution in [0.15, 0.2) is 12.3 Å². The number of aromatic nitrogens is 1. The van der Waals surface area contributed by atoms with Crippen molar-refractivity contribution in [1.82, 2.24) is 9.88 Å². The monoisotopic (exact) mass is 295 g/mol. The van der Waals surface area contributed by atoms with Gasteiger partial charge >= 0.3 is 0 Å². The molecule has 1 aromatic heterocycles. The van der Waals surface area contributed by atoms with Crippen molar-refractivity contribution in [2.75, 3.05) is 13.2 Å². The van der Waals surface area contributed by atoms with Crippen LogP contribution in [0.25, 0.3) is 0 Å². The molecule has 0 aromatic carbocycles. The minimum atomic E-state index is 0.329. The zero-order valence-corrected chi connectivity index (χ0v) is 13.8. The van der Waals surface area contributed by atoms with Crippen molar-refractivity contribution in [2.24, 2.45) is 5.73 Å². The first kappa shape index (κ1) is 16.9. The Balaban J connectivity index is 2.71. The van der Waals surface area contributed by atoms with Crippen LogP contribution in [0, 0.1) is 6.92 Å². The van der Waals surface area contributed by atoms with Gasteiger partial charge in [0.1, 0.15) is 11.6 Å². The molecule has 1 aromatic rings. The number of ether oxygens (including phenoxy) is 1. The van der Waals surface area contributed by atoms with Crippen molar-refractivity contribution in [3.05, 3.63) is 23.4 Å². The Bertz CT molecular complexity index is 452. The van der Waals surface area contributed by atoms with Crippen LogP contribution in [0.4, 0.5) is 0 Å². The van der Waals surface area contributed by atoms with Crippen molar-refractivity contribution in [2.45, 2.75) is 46.7 Å². The molecule has 4 nitrogen and oxygen atoms in total. The van der Waals surface area contributed by atoms with Gasteiger partial charge in [-0.15, -0.1) is 0 Å². The largest absolute Gasteiger partial charge is 0.476 e. The van der Waals surface area contributed by atoms with Gasteiger partial charge in [-0.05, 0) is 46.2 Å². The summed E-state index contributed by atoms with van der Waals surface area (Å²) in [6, 6.07) is 2.86. The van der Waals surface area contributed by atoms with Crippen LogP contribution in [-0.2, 0) is 0 Å². The van der Waals surface area contributed by atoms with E-state index in [4.69, 9.17) is 22.7 Å². The summed E-state index contributed by atoms with van der Waals surface area (Å²) in [7, 11) is 0. The SMILES string of the molecule is Cc1ccnc(OCCN(C(C)C)C(C)C)c1C(N)=S. The third-order valence-electron chi connectivity index (χ3n) is 3.29. The van der Waals surface area contributed by atoms with Crippen LogP contribution < -0.4 is 10.5 Å². The maximum absolute atomic E-state index is 5.79. The molecule has 0 saturated carbocycles. The summed E-state index contributed by atoms with van der Waals surface area (Å²) in [5.41, 5.74) is 7.48. The smallest absolute Gasteiger partial charge is 0.224 e. The molecule has 0 aliphatic rings. The van der Waals surface area contributed by atoms with Crippen molar-refractivity contribution < 1.29 is 4.74 Å². The lowest BCUT2D eigenvalue weighted by Gasteiger charge is -2.30. The van der Waals surface area contributed by atoms with Gasteiger partial charge in [-0.2, -0.15) is 0 Å². The number of nitrogens with zero attached hydrogens (tertiary/aromatic N) is 2. The van der Waals surface area contributed by atoms with Gasteiger partial charge in [0.25, 0.3) is 0 Å². The van der Waals surface area contributed by atoms with Gasteiger partial charge in [0, 0.05) is 24.8 Å². The van der Waals surface area contributed by atoms with Crippen molar-refractivity contribution in [3.63, 3.8) is 0 Å². The van der Waals surface area contributed by atoms with E-state index in [-0.39, 0.29) is 0 Å². The predicted molar refractivity (Wildman–Crippen MR) is 87.3 cm³/mol. The van der Waals surface area contributed by atoms with Gasteiger partial charge in [-0.1, -0.05) is 12.2 Å². The fourth-order valence-corrected chi connectivity index (χ4v) is 2.55. The fraction of sp³-hybridized carbons (Fsp3) is 0.600. The van der Waals surface area contributed by atoms with Crippen molar-refractivity contribution in [1.29, 1.82) is 0 Å². The number of rotatable bonds is 7. The molecule has 2 N–H and O–H groups in total. The minimum absolute atomic E-state index is 0.329. The van der Waals surface area contributed by atoms with Gasteiger partial charge < -0.3 is 10.5 Å². The van der Waals surface area contributed by atoms with Crippen LogP contribution in [0.5, 0.6) is 5.88 Å². The molecular formula is C15H25N3OS. The Morgan fingerprint density at radius 3 is 2.45 bits per heavy atom. The van der Waals surface area contributed by atoms with Gasteiger partial charge in [0.05, 0.1) is 5.56 Å². The Hall–Kier alpha value is -1.20. The lowest BCUT2D eigenvalue weighted by molar-refractivity contribution is 0.140. The quantitative estimate of drug-likeness (QED) is 0.783. The molecule has 0 aliphatic carbocycles. The van der Waals surface area contributed by atoms with E-state index in [0.29, 0.717) is 29.6 Å². The van der Waals surface area contributed by atoms with Crippen molar-refractivity contribution >= 4 is 17.2 Å². The molecule has 0 bridgehead atoms. The third kappa shape index (κ3) is 4.42. The van der Waals surface area contributed by atoms with E-state index in [1.807, 2.05) is 13.0 Å². The summed E-state index contributed by atoms with van der Waals surface area (Å²) >= 11 is 5.07. The van der Waals surface area contributed by atoms with E-state index in [0.717, 1.165) is 17.7 Å². The highest BCUT2D eigenvalue weighted by Gasteiger charge is 2.15. The number of hydrogen-bond acceptors (Lipinski definition) is 4. The number of thiocarbonyl (C=S) groups is 1. The molecule has 0 aliphatic heterocycles. The molecule has 0 spiro atoms. The van der Waals surface area contributed by atoms with Gasteiger partial charge in [-0.25, -0.2) is 4.98 Å². The molecule has 5 heteroatoms. The second-order valence-corrected chi connectivity index (χ2v) is 5.89. The van der Waals surface area contributed by atoms with E-state index >= 15 is 0 Å². The molecule has 0 unspecified atom stereocenters. The Labute approximate surface area is 127 Å². The first-order chi connectivity index (χ1) is 9.34. The number of nitrogens with two attached hydrogens (primary N) is 1. The van der Waals surface area contributed by atoms with Gasteiger partial charge in [0.15, 0.2) is 0 Å². The lowest BCUT2D eigenvalue weighted by atomic mass is 10.1. The predicted octanol–water partition coefficient (Wildman–Crippen LogP) is 2.52. The molecule has 20 heavy (non-hydrogen) atoms. The Morgan fingerprint density at radius 2 is 1.95 bits per heavy atom. The first-order valence-electron chi connectivity index (χ1n) is 6.98. The second kappa shape index (κ2) is 7.55. The van der Waals surface area contributed by atoms with Gasteiger partial charge in [-0.3, -0.25) is 4.90 Å². The van der Waals surface area contributed by atoms with Crippen LogP contribution in [-0.4, -0.2) is 40.1 Å². The standard InChI is InChI=1S/C15H25N3OS/c1-10(2)18(11(3)4)8-9-19-15-13(14(16)20)12(5)6-7-17-15/h6-7,10-11H,8-9H2,1-5H3,(H2,16,20).